The van der Waals surface area contributed by atoms with Gasteiger partial charge in [-0.25, -0.2) is 0 Å². The SMILES string of the molecule is COc1ccc2c(c1)C(c1ccc(Cl)cc1)=N[C@@H]([C@H](C)C(=O)O)c1nnc(C)n1-2. The molecule has 8 heteroatoms. The summed E-state index contributed by atoms with van der Waals surface area (Å²) in [7, 11) is 1.60. The molecule has 2 aromatic carbocycles. The van der Waals surface area contributed by atoms with Gasteiger partial charge in [0.05, 0.1) is 24.4 Å². The van der Waals surface area contributed by atoms with Crippen LogP contribution < -0.4 is 4.74 Å². The fraction of sp³-hybridized carbons (Fsp3) is 0.238. The van der Waals surface area contributed by atoms with Gasteiger partial charge >= 0.3 is 5.97 Å². The lowest BCUT2D eigenvalue weighted by Gasteiger charge is -2.16. The maximum absolute atomic E-state index is 11.8. The number of aliphatic carboxylic acids is 1. The maximum Gasteiger partial charge on any atom is 0.308 e. The third kappa shape index (κ3) is 3.27. The van der Waals surface area contributed by atoms with Gasteiger partial charge in [-0.15, -0.1) is 10.2 Å². The minimum absolute atomic E-state index is 0.493. The predicted octanol–water partition coefficient (Wildman–Crippen LogP) is 3.85. The number of fused-ring (bicyclic) bond motifs is 3. The number of carbonyl (C=O) groups is 1. The number of aryl methyl sites for hydroxylation is 1. The maximum atomic E-state index is 11.8. The van der Waals surface area contributed by atoms with Crippen molar-refractivity contribution in [2.24, 2.45) is 10.9 Å². The van der Waals surface area contributed by atoms with E-state index in [-0.39, 0.29) is 0 Å². The molecule has 0 fully saturated rings. The van der Waals surface area contributed by atoms with Gasteiger partial charge in [-0.2, -0.15) is 0 Å². The lowest BCUT2D eigenvalue weighted by Crippen LogP contribution is -2.20. The molecule has 0 saturated heterocycles. The first-order chi connectivity index (χ1) is 13.9. The summed E-state index contributed by atoms with van der Waals surface area (Å²) in [6.45, 7) is 3.46. The highest BCUT2D eigenvalue weighted by Crippen LogP contribution is 2.36. The van der Waals surface area contributed by atoms with E-state index in [0.717, 1.165) is 16.8 Å². The lowest BCUT2D eigenvalue weighted by molar-refractivity contribution is -0.141. The molecule has 3 aromatic rings. The third-order valence-corrected chi connectivity index (χ3v) is 5.32. The first-order valence-corrected chi connectivity index (χ1v) is 9.45. The Balaban J connectivity index is 2.05. The smallest absolute Gasteiger partial charge is 0.308 e. The van der Waals surface area contributed by atoms with Crippen LogP contribution in [0.3, 0.4) is 0 Å². The molecule has 1 aromatic heterocycles. The van der Waals surface area contributed by atoms with E-state index >= 15 is 0 Å². The Hall–Kier alpha value is -3.19. The average Bonchev–Trinajstić information content (AvgIpc) is 3.02. The van der Waals surface area contributed by atoms with Crippen molar-refractivity contribution in [1.29, 1.82) is 0 Å². The topological polar surface area (TPSA) is 89.6 Å². The summed E-state index contributed by atoms with van der Waals surface area (Å²) in [6.07, 6.45) is 0. The second-order valence-corrected chi connectivity index (χ2v) is 7.32. The Labute approximate surface area is 172 Å². The molecule has 0 radical (unpaired) electrons. The van der Waals surface area contributed by atoms with E-state index in [9.17, 15) is 9.90 Å². The molecule has 0 aliphatic carbocycles. The zero-order valence-corrected chi connectivity index (χ0v) is 16.9. The molecule has 29 heavy (non-hydrogen) atoms. The number of aromatic nitrogens is 3. The van der Waals surface area contributed by atoms with Crippen molar-refractivity contribution in [2.45, 2.75) is 19.9 Å². The number of hydrogen-bond acceptors (Lipinski definition) is 5. The number of ether oxygens (including phenoxy) is 1. The second kappa shape index (κ2) is 7.33. The van der Waals surface area contributed by atoms with Crippen molar-refractivity contribution in [3.8, 4) is 11.4 Å². The zero-order chi connectivity index (χ0) is 20.7. The van der Waals surface area contributed by atoms with Crippen LogP contribution in [0.4, 0.5) is 0 Å². The molecule has 0 unspecified atom stereocenters. The first-order valence-electron chi connectivity index (χ1n) is 9.08. The zero-order valence-electron chi connectivity index (χ0n) is 16.1. The van der Waals surface area contributed by atoms with E-state index in [1.807, 2.05) is 41.8 Å². The van der Waals surface area contributed by atoms with Gasteiger partial charge < -0.3 is 9.84 Å². The quantitative estimate of drug-likeness (QED) is 0.705. The Bertz CT molecular complexity index is 1120. The minimum Gasteiger partial charge on any atom is -0.497 e. The molecule has 0 saturated carbocycles. The highest BCUT2D eigenvalue weighted by atomic mass is 35.5. The van der Waals surface area contributed by atoms with Gasteiger partial charge in [-0.1, -0.05) is 23.7 Å². The number of aliphatic imine (C=N–C) groups is 1. The third-order valence-electron chi connectivity index (χ3n) is 5.06. The van der Waals surface area contributed by atoms with Crippen LogP contribution in [0, 0.1) is 12.8 Å². The number of benzene rings is 2. The van der Waals surface area contributed by atoms with Gasteiger partial charge in [0.15, 0.2) is 5.82 Å². The Kier molecular flexibility index (Phi) is 4.84. The van der Waals surface area contributed by atoms with Crippen LogP contribution in [-0.4, -0.2) is 38.7 Å². The minimum atomic E-state index is -0.954. The van der Waals surface area contributed by atoms with Gasteiger partial charge in [-0.05, 0) is 44.2 Å². The lowest BCUT2D eigenvalue weighted by atomic mass is 9.99. The van der Waals surface area contributed by atoms with Crippen molar-refractivity contribution >= 4 is 23.3 Å². The van der Waals surface area contributed by atoms with Crippen molar-refractivity contribution in [3.05, 3.63) is 70.3 Å². The average molecular weight is 411 g/mol. The largest absolute Gasteiger partial charge is 0.497 e. The molecule has 0 bridgehead atoms. The van der Waals surface area contributed by atoms with Gasteiger partial charge in [0.25, 0.3) is 0 Å². The number of carboxylic acids is 1. The van der Waals surface area contributed by atoms with Gasteiger partial charge in [0.2, 0.25) is 0 Å². The van der Waals surface area contributed by atoms with Crippen molar-refractivity contribution in [3.63, 3.8) is 0 Å². The molecule has 0 spiro atoms. The fourth-order valence-electron chi connectivity index (χ4n) is 3.47. The van der Waals surface area contributed by atoms with Crippen molar-refractivity contribution < 1.29 is 14.6 Å². The first kappa shape index (κ1) is 19.1. The summed E-state index contributed by atoms with van der Waals surface area (Å²) in [6, 6.07) is 12.2. The van der Waals surface area contributed by atoms with E-state index in [1.165, 1.54) is 0 Å². The van der Waals surface area contributed by atoms with E-state index in [4.69, 9.17) is 21.3 Å². The highest BCUT2D eigenvalue weighted by molar-refractivity contribution is 6.30. The van der Waals surface area contributed by atoms with Crippen LogP contribution in [0.2, 0.25) is 5.02 Å². The molecular formula is C21H19ClN4O3. The normalized spacial score (nSPS) is 16.3. The second-order valence-electron chi connectivity index (χ2n) is 6.88. The fourth-order valence-corrected chi connectivity index (χ4v) is 3.60. The van der Waals surface area contributed by atoms with Gasteiger partial charge in [0.1, 0.15) is 17.6 Å². The van der Waals surface area contributed by atoms with Crippen LogP contribution in [0.1, 0.15) is 35.7 Å². The van der Waals surface area contributed by atoms with Crippen LogP contribution >= 0.6 is 11.6 Å². The summed E-state index contributed by atoms with van der Waals surface area (Å²) in [5.41, 5.74) is 3.09. The van der Waals surface area contributed by atoms with Gasteiger partial charge in [-0.3, -0.25) is 14.4 Å². The number of nitrogens with zero attached hydrogens (tertiary/aromatic N) is 4. The summed E-state index contributed by atoms with van der Waals surface area (Å²) >= 11 is 6.07. The molecule has 0 amide bonds. The van der Waals surface area contributed by atoms with Crippen molar-refractivity contribution in [1.82, 2.24) is 14.8 Å². The molecule has 2 heterocycles. The molecule has 148 valence electrons. The molecule has 2 atom stereocenters. The Morgan fingerprint density at radius 2 is 1.93 bits per heavy atom. The van der Waals surface area contributed by atoms with E-state index in [0.29, 0.717) is 28.1 Å². The van der Waals surface area contributed by atoms with Crippen molar-refractivity contribution in [2.75, 3.05) is 7.11 Å². The number of carboxylic acid groups (broad SMARTS) is 1. The Morgan fingerprint density at radius 3 is 2.59 bits per heavy atom. The van der Waals surface area contributed by atoms with Crippen LogP contribution in [0.25, 0.3) is 5.69 Å². The highest BCUT2D eigenvalue weighted by Gasteiger charge is 2.34. The number of halogens is 1. The van der Waals surface area contributed by atoms with E-state index in [1.54, 1.807) is 26.2 Å². The summed E-state index contributed by atoms with van der Waals surface area (Å²) in [5, 5.41) is 18.8. The predicted molar refractivity (Wildman–Crippen MR) is 109 cm³/mol. The number of rotatable bonds is 4. The molecule has 1 N–H and O–H groups in total. The number of hydrogen-bond donors (Lipinski definition) is 1. The molecule has 4 rings (SSSR count). The molecule has 1 aliphatic rings. The molecule has 7 nitrogen and oxygen atoms in total. The van der Waals surface area contributed by atoms with E-state index in [2.05, 4.69) is 10.2 Å². The number of methoxy groups -OCH3 is 1. The monoisotopic (exact) mass is 410 g/mol. The molecule has 1 aliphatic heterocycles. The Morgan fingerprint density at radius 1 is 1.21 bits per heavy atom. The van der Waals surface area contributed by atoms with Crippen LogP contribution in [0.15, 0.2) is 47.5 Å². The van der Waals surface area contributed by atoms with Crippen LogP contribution in [-0.2, 0) is 4.79 Å². The van der Waals surface area contributed by atoms with Crippen LogP contribution in [0.5, 0.6) is 5.75 Å². The summed E-state index contributed by atoms with van der Waals surface area (Å²) < 4.78 is 7.29. The van der Waals surface area contributed by atoms with E-state index < -0.39 is 17.9 Å². The summed E-state index contributed by atoms with van der Waals surface area (Å²) in [5.74, 6) is 0.0672. The van der Waals surface area contributed by atoms with Gasteiger partial charge in [0, 0.05) is 16.1 Å². The standard InChI is InChI=1S/C21H19ClN4O3/c1-11(21(27)28)18-20-25-24-12(2)26(20)17-9-8-15(29-3)10-16(17)19(23-18)13-4-6-14(22)7-5-13/h4-11,18H,1-3H3,(H,27,28)/t11-,18-/m0/s1. The molecular weight excluding hydrogens is 392 g/mol. The summed E-state index contributed by atoms with van der Waals surface area (Å²) in [4.78, 5) is 16.7.